The quantitative estimate of drug-likeness (QED) is 0.303. The summed E-state index contributed by atoms with van der Waals surface area (Å²) < 4.78 is 18.3. The van der Waals surface area contributed by atoms with Crippen molar-refractivity contribution in [2.45, 2.75) is 31.5 Å². The molecule has 4 aromatic rings. The summed E-state index contributed by atoms with van der Waals surface area (Å²) >= 11 is 19.5. The van der Waals surface area contributed by atoms with Gasteiger partial charge in [0, 0.05) is 33.3 Å². The molecule has 0 radical (unpaired) electrons. The summed E-state index contributed by atoms with van der Waals surface area (Å²) in [6.07, 6.45) is 4.60. The summed E-state index contributed by atoms with van der Waals surface area (Å²) in [4.78, 5) is 18.5. The number of hydrogen-bond donors (Lipinski definition) is 1. The molecule has 2 aliphatic rings. The molecule has 5 heterocycles. The third-order valence-electron chi connectivity index (χ3n) is 6.98. The fourth-order valence-corrected chi connectivity index (χ4v) is 5.68. The Bertz CT molecular complexity index is 1490. The van der Waals surface area contributed by atoms with Crippen LogP contribution in [0.5, 0.6) is 17.6 Å². The molecule has 0 unspecified atom stereocenters. The van der Waals surface area contributed by atoms with Crippen LogP contribution in [0.25, 0.3) is 21.8 Å². The molecule has 2 aliphatic heterocycles. The average molecular weight is 579 g/mol. The van der Waals surface area contributed by atoms with E-state index in [2.05, 4.69) is 25.0 Å². The number of methoxy groups -OCH3 is 1. The first-order valence-electron chi connectivity index (χ1n) is 12.4. The molecule has 10 nitrogen and oxygen atoms in total. The molecule has 0 bridgehead atoms. The number of nitrogens with zero attached hydrogens (tertiary/aromatic N) is 6. The first kappa shape index (κ1) is 25.6. The van der Waals surface area contributed by atoms with Crippen LogP contribution in [0, 0.1) is 0 Å². The minimum Gasteiger partial charge on any atom is -0.456 e. The van der Waals surface area contributed by atoms with Gasteiger partial charge in [-0.05, 0) is 38.4 Å². The van der Waals surface area contributed by atoms with Gasteiger partial charge in [0.15, 0.2) is 5.75 Å². The predicted octanol–water partition coefficient (Wildman–Crippen LogP) is 5.35. The number of likely N-dealkylation sites (N-methyl/N-ethyl adjacent to an activating group) is 1. The third-order valence-corrected chi connectivity index (χ3v) is 7.95. The summed E-state index contributed by atoms with van der Waals surface area (Å²) in [5.74, 6) is 1.19. The molecule has 3 aromatic heterocycles. The maximum absolute atomic E-state index is 6.57. The van der Waals surface area contributed by atoms with Crippen molar-refractivity contribution in [1.29, 1.82) is 0 Å². The molecule has 2 saturated heterocycles. The van der Waals surface area contributed by atoms with Crippen LogP contribution in [-0.2, 0) is 4.74 Å². The Morgan fingerprint density at radius 1 is 0.974 bits per heavy atom. The number of nitrogens with one attached hydrogen (secondary N) is 1. The molecule has 0 spiro atoms. The van der Waals surface area contributed by atoms with Gasteiger partial charge in [-0.15, -0.1) is 0 Å². The number of hydrogen-bond acceptors (Lipinski definition) is 9. The van der Waals surface area contributed by atoms with E-state index in [1.54, 1.807) is 25.4 Å². The fourth-order valence-electron chi connectivity index (χ4n) is 5.10. The van der Waals surface area contributed by atoms with Gasteiger partial charge in [0.25, 0.3) is 0 Å². The SMILES string of the molecule is CO[C@@H]1CN(C)C[C@H]1Oc1nc(N2CCCCC2)c2cc(Cl)nc(Oc3c(Cl)c(Cl)cc4[nH]ncc34)c2n1. The average Bonchev–Trinajstić information content (AvgIpc) is 3.52. The molecule has 6 rings (SSSR count). The van der Waals surface area contributed by atoms with Gasteiger partial charge in [0.2, 0.25) is 5.88 Å². The topological polar surface area (TPSA) is 102 Å². The van der Waals surface area contributed by atoms with Crippen LogP contribution in [0.4, 0.5) is 5.82 Å². The highest BCUT2D eigenvalue weighted by Gasteiger charge is 2.34. The second-order valence-corrected chi connectivity index (χ2v) is 10.8. The normalized spacial score (nSPS) is 20.5. The molecular weight excluding hydrogens is 553 g/mol. The fraction of sp³-hybridized carbons (Fsp3) is 0.440. The Balaban J connectivity index is 1.50. The number of aromatic amines is 1. The standard InChI is InChI=1S/C25H26Cl3N7O3/c1-34-11-17(36-2)18(12-34)37-25-31-21-13(23(32-25)35-6-4-3-5-7-35)8-19(27)30-24(21)38-22-14-10-29-33-16(14)9-15(26)20(22)28/h8-10,17-18H,3-7,11-12H2,1-2H3,(H,29,33)/t17-,18-/m1/s1. The van der Waals surface area contributed by atoms with E-state index in [-0.39, 0.29) is 34.3 Å². The second-order valence-electron chi connectivity index (χ2n) is 9.61. The highest BCUT2D eigenvalue weighted by atomic mass is 35.5. The van der Waals surface area contributed by atoms with Gasteiger partial charge in [0.1, 0.15) is 33.7 Å². The lowest BCUT2D eigenvalue weighted by Crippen LogP contribution is -2.33. The number of aromatic nitrogens is 5. The summed E-state index contributed by atoms with van der Waals surface area (Å²) in [5, 5.41) is 9.12. The minimum absolute atomic E-state index is 0.101. The summed E-state index contributed by atoms with van der Waals surface area (Å²) in [7, 11) is 3.71. The number of ether oxygens (including phenoxy) is 3. The van der Waals surface area contributed by atoms with Crippen LogP contribution in [0.3, 0.4) is 0 Å². The van der Waals surface area contributed by atoms with Crippen molar-refractivity contribution in [1.82, 2.24) is 30.0 Å². The molecule has 0 amide bonds. The molecule has 2 fully saturated rings. The zero-order valence-electron chi connectivity index (χ0n) is 20.9. The van der Waals surface area contributed by atoms with Crippen molar-refractivity contribution in [3.8, 4) is 17.6 Å². The van der Waals surface area contributed by atoms with E-state index in [0.29, 0.717) is 39.1 Å². The number of pyridine rings is 1. The predicted molar refractivity (Wildman–Crippen MR) is 147 cm³/mol. The van der Waals surface area contributed by atoms with Crippen LogP contribution in [-0.4, -0.2) is 82.6 Å². The number of rotatable bonds is 6. The maximum atomic E-state index is 6.57. The largest absolute Gasteiger partial charge is 0.456 e. The van der Waals surface area contributed by atoms with E-state index < -0.39 is 0 Å². The van der Waals surface area contributed by atoms with Gasteiger partial charge < -0.3 is 19.1 Å². The molecule has 1 N–H and O–H groups in total. The number of H-pyrrole nitrogens is 1. The van der Waals surface area contributed by atoms with Gasteiger partial charge in [-0.1, -0.05) is 34.8 Å². The van der Waals surface area contributed by atoms with Crippen molar-refractivity contribution < 1.29 is 14.2 Å². The van der Waals surface area contributed by atoms with E-state index >= 15 is 0 Å². The zero-order valence-corrected chi connectivity index (χ0v) is 23.1. The summed E-state index contributed by atoms with van der Waals surface area (Å²) in [6, 6.07) is 3.67. The Morgan fingerprint density at radius 2 is 1.76 bits per heavy atom. The molecule has 200 valence electrons. The highest BCUT2D eigenvalue weighted by Crippen LogP contribution is 2.43. The minimum atomic E-state index is -0.228. The highest BCUT2D eigenvalue weighted by molar-refractivity contribution is 6.44. The van der Waals surface area contributed by atoms with Gasteiger partial charge >= 0.3 is 6.01 Å². The van der Waals surface area contributed by atoms with Crippen LogP contribution >= 0.6 is 34.8 Å². The van der Waals surface area contributed by atoms with Crippen molar-refractivity contribution in [2.75, 3.05) is 45.2 Å². The maximum Gasteiger partial charge on any atom is 0.319 e. The van der Waals surface area contributed by atoms with Crippen LogP contribution in [0.2, 0.25) is 15.2 Å². The lowest BCUT2D eigenvalue weighted by molar-refractivity contribution is 0.0300. The second kappa shape index (κ2) is 10.5. The first-order valence-corrected chi connectivity index (χ1v) is 13.5. The number of fused-ring (bicyclic) bond motifs is 2. The Morgan fingerprint density at radius 3 is 2.55 bits per heavy atom. The van der Waals surface area contributed by atoms with Crippen molar-refractivity contribution in [3.05, 3.63) is 33.5 Å². The van der Waals surface area contributed by atoms with Crippen molar-refractivity contribution in [3.63, 3.8) is 0 Å². The molecule has 1 aromatic carbocycles. The van der Waals surface area contributed by atoms with E-state index in [1.165, 1.54) is 6.42 Å². The number of piperidine rings is 1. The number of benzene rings is 1. The Labute approximate surface area is 234 Å². The molecule has 38 heavy (non-hydrogen) atoms. The molecule has 2 atom stereocenters. The lowest BCUT2D eigenvalue weighted by atomic mass is 10.1. The van der Waals surface area contributed by atoms with Crippen LogP contribution in [0.15, 0.2) is 18.3 Å². The summed E-state index contributed by atoms with van der Waals surface area (Å²) in [5.41, 5.74) is 1.12. The van der Waals surface area contributed by atoms with E-state index in [0.717, 1.165) is 38.3 Å². The Hall–Kier alpha value is -2.63. The molecule has 13 heteroatoms. The van der Waals surface area contributed by atoms with Gasteiger partial charge in [-0.25, -0.2) is 0 Å². The van der Waals surface area contributed by atoms with E-state index in [4.69, 9.17) is 59.0 Å². The Kier molecular flexibility index (Phi) is 7.09. The third kappa shape index (κ3) is 4.80. The summed E-state index contributed by atoms with van der Waals surface area (Å²) in [6.45, 7) is 3.18. The molecule has 0 saturated carbocycles. The number of likely N-dealkylation sites (tertiary alicyclic amines) is 1. The van der Waals surface area contributed by atoms with Crippen LogP contribution in [0.1, 0.15) is 19.3 Å². The van der Waals surface area contributed by atoms with E-state index in [9.17, 15) is 0 Å². The molecular formula is C25H26Cl3N7O3. The molecule has 0 aliphatic carbocycles. The van der Waals surface area contributed by atoms with Gasteiger partial charge in [0.05, 0.1) is 27.5 Å². The smallest absolute Gasteiger partial charge is 0.319 e. The van der Waals surface area contributed by atoms with Gasteiger partial charge in [-0.2, -0.15) is 20.1 Å². The monoisotopic (exact) mass is 577 g/mol. The zero-order chi connectivity index (χ0) is 26.4. The number of halogens is 3. The lowest BCUT2D eigenvalue weighted by Gasteiger charge is -2.29. The number of anilines is 1. The first-order chi connectivity index (χ1) is 18.4. The van der Waals surface area contributed by atoms with Crippen molar-refractivity contribution in [2.24, 2.45) is 0 Å². The van der Waals surface area contributed by atoms with Crippen molar-refractivity contribution >= 4 is 62.4 Å². The van der Waals surface area contributed by atoms with E-state index in [1.807, 2.05) is 7.05 Å². The van der Waals surface area contributed by atoms with Gasteiger partial charge in [-0.3, -0.25) is 10.00 Å². The van der Waals surface area contributed by atoms with Crippen LogP contribution < -0.4 is 14.4 Å².